The largest absolute Gasteiger partial charge is 0.461 e. The van der Waals surface area contributed by atoms with Gasteiger partial charge in [-0.2, -0.15) is 0 Å². The van der Waals surface area contributed by atoms with Crippen LogP contribution in [0.4, 0.5) is 0 Å². The maximum atomic E-state index is 12.3. The summed E-state index contributed by atoms with van der Waals surface area (Å²) in [5.74, 6) is 0.736. The summed E-state index contributed by atoms with van der Waals surface area (Å²) in [6.45, 7) is 9.79. The molecule has 5 nitrogen and oxygen atoms in total. The van der Waals surface area contributed by atoms with Gasteiger partial charge in [-0.25, -0.2) is 4.79 Å². The second kappa shape index (κ2) is 6.59. The summed E-state index contributed by atoms with van der Waals surface area (Å²) in [7, 11) is 0. The molecule has 0 bridgehead atoms. The van der Waals surface area contributed by atoms with Crippen LogP contribution < -0.4 is 10.9 Å². The highest BCUT2D eigenvalue weighted by Gasteiger charge is 2.16. The lowest BCUT2D eigenvalue weighted by molar-refractivity contribution is -0.120. The quantitative estimate of drug-likeness (QED) is 0.568. The van der Waals surface area contributed by atoms with Crippen molar-refractivity contribution in [3.63, 3.8) is 0 Å². The monoisotopic (exact) mass is 339 g/mol. The van der Waals surface area contributed by atoms with Crippen molar-refractivity contribution >= 4 is 27.8 Å². The fourth-order valence-corrected chi connectivity index (χ4v) is 3.03. The number of fused-ring (bicyclic) bond motifs is 2. The van der Waals surface area contributed by atoms with Crippen LogP contribution in [0.2, 0.25) is 0 Å². The van der Waals surface area contributed by atoms with E-state index in [1.165, 1.54) is 0 Å². The summed E-state index contributed by atoms with van der Waals surface area (Å²) < 4.78 is 11.2. The molecule has 0 aliphatic carbocycles. The number of hydrogen-bond acceptors (Lipinski definition) is 4. The highest BCUT2D eigenvalue weighted by molar-refractivity contribution is 5.96. The molecule has 5 heteroatoms. The molecule has 0 saturated heterocycles. The molecule has 0 fully saturated rings. The fourth-order valence-electron chi connectivity index (χ4n) is 3.03. The van der Waals surface area contributed by atoms with Gasteiger partial charge in [0.25, 0.3) is 0 Å². The van der Waals surface area contributed by atoms with Crippen molar-refractivity contribution in [2.45, 2.75) is 33.6 Å². The van der Waals surface area contributed by atoms with Gasteiger partial charge in [-0.05, 0) is 44.4 Å². The Labute approximate surface area is 145 Å². The van der Waals surface area contributed by atoms with Crippen LogP contribution in [0.1, 0.15) is 28.9 Å². The van der Waals surface area contributed by atoms with Crippen LogP contribution in [0.25, 0.3) is 21.9 Å². The third-order valence-corrected chi connectivity index (χ3v) is 4.63. The number of benzene rings is 1. The minimum absolute atomic E-state index is 0.115. The standard InChI is InChI=1S/C20H21NO4/c1-5-8-21-19(22)7-6-14-12(3)16-9-15-11(2)13(4)24-17(15)10-18(16)25-20(14)23/h5,9-10H,1,6-8H2,2-4H3,(H,21,22). The molecule has 0 spiro atoms. The molecule has 130 valence electrons. The Bertz CT molecular complexity index is 1040. The first kappa shape index (κ1) is 17.0. The first-order chi connectivity index (χ1) is 11.9. The second-order valence-electron chi connectivity index (χ2n) is 6.21. The lowest BCUT2D eigenvalue weighted by Crippen LogP contribution is -2.24. The van der Waals surface area contributed by atoms with Gasteiger partial charge in [-0.3, -0.25) is 4.79 Å². The molecule has 0 saturated carbocycles. The average molecular weight is 339 g/mol. The molecule has 2 aromatic heterocycles. The Morgan fingerprint density at radius 2 is 1.80 bits per heavy atom. The number of rotatable bonds is 5. The van der Waals surface area contributed by atoms with Gasteiger partial charge in [0.1, 0.15) is 16.9 Å². The van der Waals surface area contributed by atoms with Gasteiger partial charge < -0.3 is 14.2 Å². The highest BCUT2D eigenvalue weighted by Crippen LogP contribution is 2.31. The zero-order valence-corrected chi connectivity index (χ0v) is 14.7. The average Bonchev–Trinajstić information content (AvgIpc) is 2.85. The van der Waals surface area contributed by atoms with Crippen molar-refractivity contribution in [3.8, 4) is 0 Å². The number of furan rings is 1. The Balaban J connectivity index is 2.03. The predicted molar refractivity (Wildman–Crippen MR) is 98.0 cm³/mol. The molecule has 3 rings (SSSR count). The topological polar surface area (TPSA) is 72.5 Å². The third-order valence-electron chi connectivity index (χ3n) is 4.63. The molecule has 25 heavy (non-hydrogen) atoms. The number of carbonyl (C=O) groups excluding carboxylic acids is 1. The number of carbonyl (C=O) groups is 1. The highest BCUT2D eigenvalue weighted by atomic mass is 16.4. The Morgan fingerprint density at radius 1 is 1.12 bits per heavy atom. The van der Waals surface area contributed by atoms with Gasteiger partial charge in [-0.1, -0.05) is 6.08 Å². The lowest BCUT2D eigenvalue weighted by atomic mass is 10.0. The molecule has 0 atom stereocenters. The molecule has 1 amide bonds. The maximum absolute atomic E-state index is 12.3. The molecule has 0 unspecified atom stereocenters. The second-order valence-corrected chi connectivity index (χ2v) is 6.21. The van der Waals surface area contributed by atoms with Gasteiger partial charge in [-0.15, -0.1) is 6.58 Å². The van der Waals surface area contributed by atoms with Crippen LogP contribution in [0.3, 0.4) is 0 Å². The van der Waals surface area contributed by atoms with Crippen LogP contribution in [-0.4, -0.2) is 12.5 Å². The van der Waals surface area contributed by atoms with E-state index in [1.54, 1.807) is 12.1 Å². The van der Waals surface area contributed by atoms with Gasteiger partial charge in [0.2, 0.25) is 5.91 Å². The molecule has 1 aromatic carbocycles. The summed E-state index contributed by atoms with van der Waals surface area (Å²) in [5, 5.41) is 4.59. The predicted octanol–water partition coefficient (Wildman–Crippen LogP) is 3.70. The van der Waals surface area contributed by atoms with Crippen LogP contribution in [0.15, 0.2) is 38.4 Å². The Morgan fingerprint density at radius 3 is 2.52 bits per heavy atom. The Hall–Kier alpha value is -2.82. The third kappa shape index (κ3) is 3.09. The molecule has 3 aromatic rings. The van der Waals surface area contributed by atoms with E-state index < -0.39 is 5.63 Å². The first-order valence-corrected chi connectivity index (χ1v) is 8.26. The van der Waals surface area contributed by atoms with Crippen molar-refractivity contribution in [1.29, 1.82) is 0 Å². The first-order valence-electron chi connectivity index (χ1n) is 8.26. The summed E-state index contributed by atoms with van der Waals surface area (Å²) in [6.07, 6.45) is 2.19. The van der Waals surface area contributed by atoms with Crippen molar-refractivity contribution in [2.24, 2.45) is 0 Å². The maximum Gasteiger partial charge on any atom is 0.339 e. The molecule has 0 aliphatic rings. The molecule has 2 heterocycles. The van der Waals surface area contributed by atoms with E-state index in [0.717, 1.165) is 27.7 Å². The van der Waals surface area contributed by atoms with Gasteiger partial charge in [0, 0.05) is 35.4 Å². The van der Waals surface area contributed by atoms with Gasteiger partial charge in [0.15, 0.2) is 0 Å². The zero-order chi connectivity index (χ0) is 18.1. The SMILES string of the molecule is C=CCNC(=O)CCc1c(C)c2cc3c(C)c(C)oc3cc2oc1=O. The smallest absolute Gasteiger partial charge is 0.339 e. The minimum Gasteiger partial charge on any atom is -0.461 e. The van der Waals surface area contributed by atoms with E-state index in [1.807, 2.05) is 26.8 Å². The molecule has 0 aliphatic heterocycles. The zero-order valence-electron chi connectivity index (χ0n) is 14.7. The van der Waals surface area contributed by atoms with Crippen LogP contribution in [0, 0.1) is 20.8 Å². The summed E-state index contributed by atoms with van der Waals surface area (Å²) in [5.41, 5.74) is 3.28. The summed E-state index contributed by atoms with van der Waals surface area (Å²) in [4.78, 5) is 24.1. The minimum atomic E-state index is -0.402. The van der Waals surface area contributed by atoms with Gasteiger partial charge in [0.05, 0.1) is 0 Å². The normalized spacial score (nSPS) is 11.2. The van der Waals surface area contributed by atoms with E-state index in [0.29, 0.717) is 29.7 Å². The van der Waals surface area contributed by atoms with Gasteiger partial charge >= 0.3 is 5.63 Å². The number of amides is 1. The van der Waals surface area contributed by atoms with Crippen molar-refractivity contribution < 1.29 is 13.6 Å². The van der Waals surface area contributed by atoms with Crippen LogP contribution in [0.5, 0.6) is 0 Å². The van der Waals surface area contributed by atoms with Crippen molar-refractivity contribution in [2.75, 3.05) is 6.54 Å². The Kier molecular flexibility index (Phi) is 4.49. The molecule has 0 radical (unpaired) electrons. The molecular weight excluding hydrogens is 318 g/mol. The van der Waals surface area contributed by atoms with E-state index >= 15 is 0 Å². The number of aryl methyl sites for hydroxylation is 3. The van der Waals surface area contributed by atoms with Crippen molar-refractivity contribution in [1.82, 2.24) is 5.32 Å². The van der Waals surface area contributed by atoms with Crippen molar-refractivity contribution in [3.05, 3.63) is 57.7 Å². The molecular formula is C20H21NO4. The molecule has 1 N–H and O–H groups in total. The van der Waals surface area contributed by atoms with E-state index in [9.17, 15) is 9.59 Å². The number of hydrogen-bond donors (Lipinski definition) is 1. The van der Waals surface area contributed by atoms with E-state index in [-0.39, 0.29) is 12.3 Å². The van der Waals surface area contributed by atoms with E-state index in [2.05, 4.69) is 11.9 Å². The van der Waals surface area contributed by atoms with Crippen LogP contribution in [-0.2, 0) is 11.2 Å². The van der Waals surface area contributed by atoms with Crippen LogP contribution >= 0.6 is 0 Å². The number of nitrogens with one attached hydrogen (secondary N) is 1. The fraction of sp³-hybridized carbons (Fsp3) is 0.300. The lowest BCUT2D eigenvalue weighted by Gasteiger charge is -2.08. The summed E-state index contributed by atoms with van der Waals surface area (Å²) in [6, 6.07) is 3.76. The summed E-state index contributed by atoms with van der Waals surface area (Å²) >= 11 is 0. The van der Waals surface area contributed by atoms with E-state index in [4.69, 9.17) is 8.83 Å².